The number of carbonyl (C=O) groups is 1. The highest BCUT2D eigenvalue weighted by Gasteiger charge is 2.20. The Morgan fingerprint density at radius 2 is 2.18 bits per heavy atom. The summed E-state index contributed by atoms with van der Waals surface area (Å²) in [6.07, 6.45) is 3.74. The van der Waals surface area contributed by atoms with Crippen LogP contribution in [0.5, 0.6) is 0 Å². The molecule has 0 aliphatic heterocycles. The Balaban J connectivity index is 1.64. The quantitative estimate of drug-likeness (QED) is 0.675. The van der Waals surface area contributed by atoms with E-state index in [0.29, 0.717) is 24.8 Å². The zero-order chi connectivity index (χ0) is 20.1. The molecule has 0 aliphatic rings. The number of aryl methyl sites for hydroxylation is 2. The fraction of sp³-hybridized carbons (Fsp3) is 0.400. The molecule has 0 bridgehead atoms. The van der Waals surface area contributed by atoms with Crippen LogP contribution in [0.15, 0.2) is 41.2 Å². The van der Waals surface area contributed by atoms with Gasteiger partial charge < -0.3 is 14.7 Å². The Morgan fingerprint density at radius 1 is 1.36 bits per heavy atom. The number of amides is 2. The molecule has 1 aromatic carbocycles. The summed E-state index contributed by atoms with van der Waals surface area (Å²) in [7, 11) is 0. The molecular formula is C20H26N6O2. The number of aromatic nitrogens is 4. The SMILES string of the molecule is CCN(Cc1cnn(CC)c1)C(=O)N[C@H](C)c1nc(-c2cccc(C)c2)no1. The topological polar surface area (TPSA) is 89.1 Å². The van der Waals surface area contributed by atoms with Crippen molar-refractivity contribution in [1.82, 2.24) is 30.1 Å². The van der Waals surface area contributed by atoms with Gasteiger partial charge >= 0.3 is 6.03 Å². The van der Waals surface area contributed by atoms with Crippen molar-refractivity contribution < 1.29 is 9.32 Å². The number of carbonyl (C=O) groups excluding carboxylic acids is 1. The van der Waals surface area contributed by atoms with Gasteiger partial charge in [0.2, 0.25) is 11.7 Å². The Labute approximate surface area is 164 Å². The Hall–Kier alpha value is -3.16. The molecule has 148 valence electrons. The number of nitrogens with one attached hydrogen (secondary N) is 1. The van der Waals surface area contributed by atoms with E-state index < -0.39 is 6.04 Å². The minimum atomic E-state index is -0.397. The standard InChI is InChI=1S/C20H26N6O2/c1-5-25(12-16-11-21-26(6-2)13-16)20(27)22-15(4)19-23-18(24-28-19)17-9-7-8-14(3)10-17/h7-11,13,15H,5-6,12H2,1-4H3,(H,22,27)/t15-/m1/s1. The molecule has 0 fully saturated rings. The van der Waals surface area contributed by atoms with Crippen LogP contribution in [0.4, 0.5) is 4.79 Å². The van der Waals surface area contributed by atoms with Crippen LogP contribution in [-0.2, 0) is 13.1 Å². The second-order valence-electron chi connectivity index (χ2n) is 6.72. The fourth-order valence-corrected chi connectivity index (χ4v) is 2.86. The van der Waals surface area contributed by atoms with E-state index in [1.807, 2.05) is 62.8 Å². The van der Waals surface area contributed by atoms with Gasteiger partial charge in [-0.3, -0.25) is 4.68 Å². The van der Waals surface area contributed by atoms with Crippen molar-refractivity contribution in [1.29, 1.82) is 0 Å². The van der Waals surface area contributed by atoms with E-state index in [2.05, 4.69) is 20.6 Å². The number of nitrogens with zero attached hydrogens (tertiary/aromatic N) is 5. The highest BCUT2D eigenvalue weighted by Crippen LogP contribution is 2.19. The van der Waals surface area contributed by atoms with E-state index in [9.17, 15) is 4.79 Å². The first kappa shape index (κ1) is 19.6. The number of hydrogen-bond donors (Lipinski definition) is 1. The number of hydrogen-bond acceptors (Lipinski definition) is 5. The highest BCUT2D eigenvalue weighted by molar-refractivity contribution is 5.74. The summed E-state index contributed by atoms with van der Waals surface area (Å²) in [5, 5.41) is 11.2. The van der Waals surface area contributed by atoms with Crippen LogP contribution in [0.25, 0.3) is 11.4 Å². The molecule has 2 amide bonds. The first-order chi connectivity index (χ1) is 13.5. The minimum Gasteiger partial charge on any atom is -0.337 e. The van der Waals surface area contributed by atoms with Crippen LogP contribution >= 0.6 is 0 Å². The van der Waals surface area contributed by atoms with Crippen molar-refractivity contribution in [3.8, 4) is 11.4 Å². The van der Waals surface area contributed by atoms with Crippen molar-refractivity contribution in [2.45, 2.75) is 46.8 Å². The van der Waals surface area contributed by atoms with E-state index in [0.717, 1.165) is 23.2 Å². The largest absolute Gasteiger partial charge is 0.337 e. The molecule has 0 saturated heterocycles. The molecule has 1 N–H and O–H groups in total. The van der Waals surface area contributed by atoms with Crippen molar-refractivity contribution in [3.63, 3.8) is 0 Å². The maximum atomic E-state index is 12.7. The van der Waals surface area contributed by atoms with Crippen LogP contribution in [0.2, 0.25) is 0 Å². The molecule has 2 aromatic heterocycles. The lowest BCUT2D eigenvalue weighted by molar-refractivity contribution is 0.191. The molecular weight excluding hydrogens is 356 g/mol. The normalized spacial score (nSPS) is 12.0. The second kappa shape index (κ2) is 8.69. The van der Waals surface area contributed by atoms with E-state index in [1.165, 1.54) is 0 Å². The highest BCUT2D eigenvalue weighted by atomic mass is 16.5. The molecule has 0 aliphatic carbocycles. The molecule has 0 saturated carbocycles. The zero-order valence-electron chi connectivity index (χ0n) is 16.7. The summed E-state index contributed by atoms with van der Waals surface area (Å²) in [6.45, 7) is 9.68. The molecule has 3 rings (SSSR count). The summed E-state index contributed by atoms with van der Waals surface area (Å²) < 4.78 is 7.21. The first-order valence-corrected chi connectivity index (χ1v) is 9.47. The van der Waals surface area contributed by atoms with Crippen LogP contribution in [-0.4, -0.2) is 37.4 Å². The fourth-order valence-electron chi connectivity index (χ4n) is 2.86. The van der Waals surface area contributed by atoms with Gasteiger partial charge in [-0.25, -0.2) is 4.79 Å². The maximum Gasteiger partial charge on any atom is 0.318 e. The van der Waals surface area contributed by atoms with Gasteiger partial charge in [-0.15, -0.1) is 0 Å². The Morgan fingerprint density at radius 3 is 2.86 bits per heavy atom. The third kappa shape index (κ3) is 4.57. The third-order valence-electron chi connectivity index (χ3n) is 4.48. The van der Waals surface area contributed by atoms with Gasteiger partial charge in [-0.05, 0) is 33.8 Å². The van der Waals surface area contributed by atoms with Gasteiger partial charge in [0.1, 0.15) is 6.04 Å². The van der Waals surface area contributed by atoms with Crippen molar-refractivity contribution in [3.05, 3.63) is 53.7 Å². The molecule has 1 atom stereocenters. The lowest BCUT2D eigenvalue weighted by Crippen LogP contribution is -2.40. The summed E-state index contributed by atoms with van der Waals surface area (Å²) in [5.74, 6) is 0.888. The van der Waals surface area contributed by atoms with Gasteiger partial charge in [0.15, 0.2) is 0 Å². The maximum absolute atomic E-state index is 12.7. The lowest BCUT2D eigenvalue weighted by atomic mass is 10.1. The first-order valence-electron chi connectivity index (χ1n) is 9.47. The lowest BCUT2D eigenvalue weighted by Gasteiger charge is -2.22. The van der Waals surface area contributed by atoms with Crippen LogP contribution < -0.4 is 5.32 Å². The molecule has 3 aromatic rings. The van der Waals surface area contributed by atoms with Crippen molar-refractivity contribution >= 4 is 6.03 Å². The molecule has 2 heterocycles. The zero-order valence-corrected chi connectivity index (χ0v) is 16.7. The molecule has 0 spiro atoms. The molecule has 28 heavy (non-hydrogen) atoms. The van der Waals surface area contributed by atoms with Gasteiger partial charge in [0.05, 0.1) is 12.7 Å². The van der Waals surface area contributed by atoms with E-state index in [4.69, 9.17) is 4.52 Å². The van der Waals surface area contributed by atoms with Crippen molar-refractivity contribution in [2.24, 2.45) is 0 Å². The minimum absolute atomic E-state index is 0.186. The number of rotatable bonds is 7. The van der Waals surface area contributed by atoms with Crippen LogP contribution in [0, 0.1) is 6.92 Å². The van der Waals surface area contributed by atoms with E-state index in [1.54, 1.807) is 11.1 Å². The summed E-state index contributed by atoms with van der Waals surface area (Å²) in [4.78, 5) is 18.8. The van der Waals surface area contributed by atoms with Crippen molar-refractivity contribution in [2.75, 3.05) is 6.54 Å². The molecule has 0 radical (unpaired) electrons. The number of benzene rings is 1. The second-order valence-corrected chi connectivity index (χ2v) is 6.72. The summed E-state index contributed by atoms with van der Waals surface area (Å²) in [6, 6.07) is 7.30. The van der Waals surface area contributed by atoms with Crippen LogP contribution in [0.1, 0.15) is 43.8 Å². The molecule has 8 heteroatoms. The summed E-state index contributed by atoms with van der Waals surface area (Å²) in [5.41, 5.74) is 3.00. The predicted octanol–water partition coefficient (Wildman–Crippen LogP) is 3.55. The monoisotopic (exact) mass is 382 g/mol. The average Bonchev–Trinajstić information content (AvgIpc) is 3.35. The van der Waals surface area contributed by atoms with Gasteiger partial charge in [-0.1, -0.05) is 28.9 Å². The number of urea groups is 1. The molecule has 0 unspecified atom stereocenters. The Kier molecular flexibility index (Phi) is 6.08. The van der Waals surface area contributed by atoms with E-state index >= 15 is 0 Å². The summed E-state index contributed by atoms with van der Waals surface area (Å²) >= 11 is 0. The smallest absolute Gasteiger partial charge is 0.318 e. The van der Waals surface area contributed by atoms with Gasteiger partial charge in [0.25, 0.3) is 0 Å². The molecule has 8 nitrogen and oxygen atoms in total. The van der Waals surface area contributed by atoms with Gasteiger partial charge in [0, 0.05) is 30.4 Å². The predicted molar refractivity (Wildman–Crippen MR) is 105 cm³/mol. The Bertz CT molecular complexity index is 932. The van der Waals surface area contributed by atoms with Crippen LogP contribution in [0.3, 0.4) is 0 Å². The average molecular weight is 382 g/mol. The van der Waals surface area contributed by atoms with E-state index in [-0.39, 0.29) is 6.03 Å². The third-order valence-corrected chi connectivity index (χ3v) is 4.48. The van der Waals surface area contributed by atoms with Gasteiger partial charge in [-0.2, -0.15) is 10.1 Å².